The highest BCUT2D eigenvalue weighted by atomic mass is 35.5. The van der Waals surface area contributed by atoms with Gasteiger partial charge in [0, 0.05) is 22.6 Å². The van der Waals surface area contributed by atoms with E-state index in [0.29, 0.717) is 5.02 Å². The molecule has 2 aliphatic heterocycles. The Morgan fingerprint density at radius 1 is 0.963 bits per heavy atom. The van der Waals surface area contributed by atoms with Gasteiger partial charge < -0.3 is 4.74 Å². The zero-order valence-electron chi connectivity index (χ0n) is 14.3. The lowest BCUT2D eigenvalue weighted by Crippen LogP contribution is -2.33. The summed E-state index contributed by atoms with van der Waals surface area (Å²) < 4.78 is 19.6. The highest BCUT2D eigenvalue weighted by molar-refractivity contribution is 6.30. The first-order valence-electron chi connectivity index (χ1n) is 8.82. The average molecular weight is 379 g/mol. The Hall–Kier alpha value is -2.85. The number of benzene rings is 3. The number of halogens is 2. The number of hydrogen-bond donors (Lipinski definition) is 0. The van der Waals surface area contributed by atoms with Crippen LogP contribution in [0.15, 0.2) is 77.9 Å². The van der Waals surface area contributed by atoms with Gasteiger partial charge in [-0.15, -0.1) is 0 Å². The molecule has 0 N–H and O–H groups in total. The summed E-state index contributed by atoms with van der Waals surface area (Å²) in [4.78, 5) is 0. The van der Waals surface area contributed by atoms with Crippen LogP contribution in [0.2, 0.25) is 5.02 Å². The van der Waals surface area contributed by atoms with Crippen molar-refractivity contribution in [3.63, 3.8) is 0 Å². The Balaban J connectivity index is 1.58. The van der Waals surface area contributed by atoms with Gasteiger partial charge in [0.25, 0.3) is 0 Å². The molecule has 0 bridgehead atoms. The Labute approximate surface area is 161 Å². The summed E-state index contributed by atoms with van der Waals surface area (Å²) in [5.41, 5.74) is 4.02. The lowest BCUT2D eigenvalue weighted by Gasteiger charge is -2.38. The first-order chi connectivity index (χ1) is 13.2. The molecule has 3 aromatic rings. The van der Waals surface area contributed by atoms with Gasteiger partial charge in [-0.3, -0.25) is 0 Å². The van der Waals surface area contributed by atoms with E-state index in [2.05, 4.69) is 6.07 Å². The minimum Gasteiger partial charge on any atom is -0.464 e. The van der Waals surface area contributed by atoms with Crippen LogP contribution in [0.5, 0.6) is 5.75 Å². The maximum Gasteiger partial charge on any atom is 0.213 e. The van der Waals surface area contributed by atoms with Crippen molar-refractivity contribution in [2.75, 3.05) is 0 Å². The summed E-state index contributed by atoms with van der Waals surface area (Å²) in [7, 11) is 0. The molecule has 0 spiro atoms. The van der Waals surface area contributed by atoms with E-state index in [1.54, 1.807) is 12.1 Å². The zero-order chi connectivity index (χ0) is 18.4. The molecule has 0 aliphatic carbocycles. The van der Waals surface area contributed by atoms with Crippen molar-refractivity contribution in [1.29, 1.82) is 0 Å². The van der Waals surface area contributed by atoms with Gasteiger partial charge in [-0.2, -0.15) is 5.10 Å². The molecule has 0 amide bonds. The maximum atomic E-state index is 13.4. The summed E-state index contributed by atoms with van der Waals surface area (Å²) in [5.74, 6) is 0.582. The molecule has 5 heteroatoms. The van der Waals surface area contributed by atoms with Gasteiger partial charge in [0.15, 0.2) is 0 Å². The minimum atomic E-state index is -0.393. The molecule has 27 heavy (non-hydrogen) atoms. The third-order valence-electron chi connectivity index (χ3n) is 5.03. The predicted molar refractivity (Wildman–Crippen MR) is 103 cm³/mol. The average Bonchev–Trinajstić information content (AvgIpc) is 3.14. The van der Waals surface area contributed by atoms with Crippen molar-refractivity contribution >= 4 is 17.3 Å². The lowest BCUT2D eigenvalue weighted by molar-refractivity contribution is -0.0190. The quantitative estimate of drug-likeness (QED) is 0.569. The summed E-state index contributed by atoms with van der Waals surface area (Å²) in [6.07, 6.45) is 0.384. The van der Waals surface area contributed by atoms with Gasteiger partial charge in [0.2, 0.25) is 6.23 Å². The molecule has 0 radical (unpaired) electrons. The Morgan fingerprint density at radius 2 is 1.70 bits per heavy atom. The Bertz CT molecular complexity index is 1020. The number of fused-ring (bicyclic) bond motifs is 3. The summed E-state index contributed by atoms with van der Waals surface area (Å²) in [5, 5.41) is 7.56. The van der Waals surface area contributed by atoms with Crippen LogP contribution in [-0.4, -0.2) is 10.7 Å². The van der Waals surface area contributed by atoms with Crippen LogP contribution >= 0.6 is 11.6 Å². The fourth-order valence-electron chi connectivity index (χ4n) is 3.70. The second-order valence-electron chi connectivity index (χ2n) is 6.71. The van der Waals surface area contributed by atoms with Crippen LogP contribution in [0, 0.1) is 5.82 Å². The normalized spacial score (nSPS) is 20.5. The van der Waals surface area contributed by atoms with E-state index >= 15 is 0 Å². The molecule has 0 unspecified atom stereocenters. The fraction of sp³-hybridized carbons (Fsp3) is 0.136. The number of hydrogen-bond acceptors (Lipinski definition) is 3. The van der Waals surface area contributed by atoms with Gasteiger partial charge in [-0.25, -0.2) is 9.40 Å². The zero-order valence-corrected chi connectivity index (χ0v) is 15.1. The lowest BCUT2D eigenvalue weighted by atomic mass is 9.96. The Morgan fingerprint density at radius 3 is 2.48 bits per heavy atom. The molecule has 0 saturated heterocycles. The molecule has 0 aromatic heterocycles. The number of ether oxygens (including phenoxy) is 1. The third-order valence-corrected chi connectivity index (χ3v) is 5.28. The third kappa shape index (κ3) is 2.86. The van der Waals surface area contributed by atoms with E-state index < -0.39 is 6.23 Å². The van der Waals surface area contributed by atoms with Crippen molar-refractivity contribution in [1.82, 2.24) is 5.01 Å². The van der Waals surface area contributed by atoms with Crippen LogP contribution in [0.4, 0.5) is 4.39 Å². The molecular formula is C22H16ClFN2O. The van der Waals surface area contributed by atoms with Gasteiger partial charge in [0.1, 0.15) is 11.6 Å². The van der Waals surface area contributed by atoms with Crippen LogP contribution in [0.3, 0.4) is 0 Å². The molecule has 0 saturated carbocycles. The van der Waals surface area contributed by atoms with Gasteiger partial charge in [-0.1, -0.05) is 54.1 Å². The minimum absolute atomic E-state index is 0.0793. The summed E-state index contributed by atoms with van der Waals surface area (Å²) in [6, 6.07) is 22.2. The van der Waals surface area contributed by atoms with E-state index in [9.17, 15) is 4.39 Å². The van der Waals surface area contributed by atoms with E-state index in [-0.39, 0.29) is 11.9 Å². The van der Waals surface area contributed by atoms with Crippen molar-refractivity contribution in [3.8, 4) is 5.75 Å². The first-order valence-corrected chi connectivity index (χ1v) is 9.19. The van der Waals surface area contributed by atoms with Crippen molar-refractivity contribution in [2.24, 2.45) is 5.10 Å². The second kappa shape index (κ2) is 6.39. The van der Waals surface area contributed by atoms with Gasteiger partial charge in [0.05, 0.1) is 11.8 Å². The van der Waals surface area contributed by atoms with E-state index in [0.717, 1.165) is 34.6 Å². The van der Waals surface area contributed by atoms with Crippen molar-refractivity contribution < 1.29 is 9.13 Å². The number of rotatable bonds is 2. The SMILES string of the molecule is Fc1ccc([C@@H]2Oc3ccccc3[C@@H]3CC(c4ccc(Cl)cc4)=NN32)cc1. The Kier molecular flexibility index (Phi) is 3.87. The maximum absolute atomic E-state index is 13.4. The van der Waals surface area contributed by atoms with E-state index in [1.165, 1.54) is 12.1 Å². The molecule has 134 valence electrons. The van der Waals surface area contributed by atoms with Crippen LogP contribution in [0.25, 0.3) is 0 Å². The molecule has 3 nitrogen and oxygen atoms in total. The summed E-state index contributed by atoms with van der Waals surface area (Å²) in [6.45, 7) is 0. The molecule has 0 fully saturated rings. The second-order valence-corrected chi connectivity index (χ2v) is 7.15. The standard InChI is InChI=1S/C22H16ClFN2O/c23-16-9-5-14(6-10-16)19-13-20-18-3-1-2-4-21(18)27-22(26(20)25-19)15-7-11-17(24)12-8-15/h1-12,20,22H,13H2/t20-,22-/m0/s1. The molecule has 3 aromatic carbocycles. The van der Waals surface area contributed by atoms with Crippen molar-refractivity contribution in [3.05, 3.63) is 100 Å². The molecule has 5 rings (SSSR count). The highest BCUT2D eigenvalue weighted by Gasteiger charge is 2.40. The highest BCUT2D eigenvalue weighted by Crippen LogP contribution is 2.47. The van der Waals surface area contributed by atoms with Crippen LogP contribution < -0.4 is 4.74 Å². The molecule has 2 aliphatic rings. The smallest absolute Gasteiger partial charge is 0.213 e. The molecule has 2 heterocycles. The molecule has 2 atom stereocenters. The first kappa shape index (κ1) is 16.3. The molecular weight excluding hydrogens is 363 g/mol. The monoisotopic (exact) mass is 378 g/mol. The van der Waals surface area contributed by atoms with Crippen LogP contribution in [-0.2, 0) is 0 Å². The van der Waals surface area contributed by atoms with Crippen molar-refractivity contribution in [2.45, 2.75) is 18.7 Å². The van der Waals surface area contributed by atoms with E-state index in [4.69, 9.17) is 21.4 Å². The van der Waals surface area contributed by atoms with Gasteiger partial charge >= 0.3 is 0 Å². The number of nitrogens with zero attached hydrogens (tertiary/aromatic N) is 2. The van der Waals surface area contributed by atoms with E-state index in [1.807, 2.05) is 47.5 Å². The van der Waals surface area contributed by atoms with Gasteiger partial charge in [-0.05, 0) is 35.9 Å². The largest absolute Gasteiger partial charge is 0.464 e. The fourth-order valence-corrected chi connectivity index (χ4v) is 3.82. The van der Waals surface area contributed by atoms with Crippen LogP contribution in [0.1, 0.15) is 35.4 Å². The number of hydrazone groups is 1. The number of para-hydroxylation sites is 1. The summed E-state index contributed by atoms with van der Waals surface area (Å²) >= 11 is 6.02. The predicted octanol–water partition coefficient (Wildman–Crippen LogP) is 5.72. The topological polar surface area (TPSA) is 24.8 Å².